The molecular weight excluding hydrogens is 231 g/mol. The highest BCUT2D eigenvalue weighted by atomic mass is 35.5. The number of rotatable bonds is 1. The molecule has 0 spiro atoms. The summed E-state index contributed by atoms with van der Waals surface area (Å²) < 4.78 is 37.1. The monoisotopic (exact) mass is 237 g/mol. The minimum Gasteiger partial charge on any atom is -0.325 e. The van der Waals surface area contributed by atoms with Crippen LogP contribution in [0.25, 0.3) is 0 Å². The molecule has 0 atom stereocenters. The van der Waals surface area contributed by atoms with Gasteiger partial charge in [-0.15, -0.1) is 0 Å². The number of alkyl halides is 3. The maximum absolute atomic E-state index is 12.4. The Hall–Kier alpha value is -1.23. The van der Waals surface area contributed by atoms with Crippen molar-refractivity contribution in [3.63, 3.8) is 0 Å². The summed E-state index contributed by atoms with van der Waals surface area (Å²) in [5, 5.41) is 1.71. The van der Waals surface area contributed by atoms with Crippen molar-refractivity contribution in [3.05, 3.63) is 28.8 Å². The van der Waals surface area contributed by atoms with Crippen molar-refractivity contribution < 1.29 is 18.0 Å². The van der Waals surface area contributed by atoms with Crippen LogP contribution in [0.3, 0.4) is 0 Å². The minimum absolute atomic E-state index is 0.0426. The maximum Gasteiger partial charge on any atom is 0.417 e. The average Bonchev–Trinajstić information content (AvgIpc) is 2.05. The van der Waals surface area contributed by atoms with E-state index in [1.165, 1.54) is 19.1 Å². The molecule has 0 bridgehead atoms. The molecule has 15 heavy (non-hydrogen) atoms. The summed E-state index contributed by atoms with van der Waals surface area (Å²) in [6, 6.07) is 3.34. The summed E-state index contributed by atoms with van der Waals surface area (Å²) in [4.78, 5) is 10.7. The Morgan fingerprint density at radius 3 is 2.47 bits per heavy atom. The van der Waals surface area contributed by atoms with Crippen LogP contribution in [0.15, 0.2) is 18.2 Å². The summed E-state index contributed by atoms with van der Waals surface area (Å²) >= 11 is 5.50. The van der Waals surface area contributed by atoms with Gasteiger partial charge in [0.2, 0.25) is 5.91 Å². The molecular formula is C9H7ClF3NO. The highest BCUT2D eigenvalue weighted by molar-refractivity contribution is 6.34. The van der Waals surface area contributed by atoms with Gasteiger partial charge in [0.15, 0.2) is 0 Å². The van der Waals surface area contributed by atoms with Crippen LogP contribution >= 0.6 is 11.6 Å². The highest BCUT2D eigenvalue weighted by Crippen LogP contribution is 2.37. The van der Waals surface area contributed by atoms with Crippen LogP contribution in [0, 0.1) is 0 Å². The zero-order valence-corrected chi connectivity index (χ0v) is 8.41. The van der Waals surface area contributed by atoms with Crippen molar-refractivity contribution in [3.8, 4) is 0 Å². The van der Waals surface area contributed by atoms with E-state index in [0.29, 0.717) is 0 Å². The van der Waals surface area contributed by atoms with E-state index in [4.69, 9.17) is 11.6 Å². The number of hydrogen-bond donors (Lipinski definition) is 1. The molecule has 1 rings (SSSR count). The van der Waals surface area contributed by atoms with E-state index in [0.717, 1.165) is 6.07 Å². The molecule has 1 amide bonds. The number of carbonyl (C=O) groups excluding carboxylic acids is 1. The Bertz CT molecular complexity index is 389. The van der Waals surface area contributed by atoms with E-state index >= 15 is 0 Å². The van der Waals surface area contributed by atoms with Gasteiger partial charge in [0, 0.05) is 6.92 Å². The lowest BCUT2D eigenvalue weighted by atomic mass is 10.2. The number of halogens is 4. The summed E-state index contributed by atoms with van der Waals surface area (Å²) in [5.74, 6) is -0.476. The molecule has 0 saturated carbocycles. The second-order valence-electron chi connectivity index (χ2n) is 2.85. The SMILES string of the molecule is CC(=O)Nc1cccc(C(F)(F)F)c1Cl. The van der Waals surface area contributed by atoms with E-state index in [-0.39, 0.29) is 5.69 Å². The van der Waals surface area contributed by atoms with Crippen LogP contribution in [0.5, 0.6) is 0 Å². The van der Waals surface area contributed by atoms with Crippen molar-refractivity contribution in [2.24, 2.45) is 0 Å². The molecule has 0 fully saturated rings. The van der Waals surface area contributed by atoms with Crippen LogP contribution < -0.4 is 5.32 Å². The Balaban J connectivity index is 3.17. The van der Waals surface area contributed by atoms with Crippen molar-refractivity contribution >= 4 is 23.2 Å². The Morgan fingerprint density at radius 2 is 2.00 bits per heavy atom. The van der Waals surface area contributed by atoms with Crippen LogP contribution in [0.2, 0.25) is 5.02 Å². The lowest BCUT2D eigenvalue weighted by Gasteiger charge is -2.12. The summed E-state index contributed by atoms with van der Waals surface area (Å²) in [5.41, 5.74) is -1.01. The standard InChI is InChI=1S/C9H7ClF3NO/c1-5(15)14-7-4-2-3-6(8(7)10)9(11,12)13/h2-4H,1H3,(H,14,15). The molecule has 0 radical (unpaired) electrons. The topological polar surface area (TPSA) is 29.1 Å². The molecule has 1 N–H and O–H groups in total. The summed E-state index contributed by atoms with van der Waals surface area (Å²) in [6.45, 7) is 1.19. The largest absolute Gasteiger partial charge is 0.417 e. The van der Waals surface area contributed by atoms with Gasteiger partial charge in [-0.1, -0.05) is 17.7 Å². The third-order valence-corrected chi connectivity index (χ3v) is 2.02. The fraction of sp³-hybridized carbons (Fsp3) is 0.222. The van der Waals surface area contributed by atoms with E-state index in [2.05, 4.69) is 5.32 Å². The zero-order valence-electron chi connectivity index (χ0n) is 7.65. The molecule has 2 nitrogen and oxygen atoms in total. The number of benzene rings is 1. The van der Waals surface area contributed by atoms with E-state index < -0.39 is 22.7 Å². The minimum atomic E-state index is -4.52. The highest BCUT2D eigenvalue weighted by Gasteiger charge is 2.33. The number of nitrogens with one attached hydrogen (secondary N) is 1. The van der Waals surface area contributed by atoms with Gasteiger partial charge in [-0.3, -0.25) is 4.79 Å². The predicted molar refractivity (Wildman–Crippen MR) is 50.8 cm³/mol. The van der Waals surface area contributed by atoms with Gasteiger partial charge in [0.1, 0.15) is 0 Å². The van der Waals surface area contributed by atoms with E-state index in [1.807, 2.05) is 0 Å². The first-order chi connectivity index (χ1) is 6.82. The molecule has 0 aromatic heterocycles. The number of carbonyl (C=O) groups is 1. The molecule has 6 heteroatoms. The molecule has 1 aromatic rings. The lowest BCUT2D eigenvalue weighted by Crippen LogP contribution is -2.10. The molecule has 0 aliphatic heterocycles. The second kappa shape index (κ2) is 4.10. The normalized spacial score (nSPS) is 11.3. The van der Waals surface area contributed by atoms with Crippen molar-refractivity contribution in [2.45, 2.75) is 13.1 Å². The van der Waals surface area contributed by atoms with Gasteiger partial charge >= 0.3 is 6.18 Å². The zero-order chi connectivity index (χ0) is 11.6. The van der Waals surface area contributed by atoms with Gasteiger partial charge < -0.3 is 5.32 Å². The van der Waals surface area contributed by atoms with E-state index in [9.17, 15) is 18.0 Å². The Labute approximate surface area is 89.0 Å². The maximum atomic E-state index is 12.4. The Morgan fingerprint density at radius 1 is 1.40 bits per heavy atom. The molecule has 0 heterocycles. The van der Waals surface area contributed by atoms with Crippen LogP contribution in [-0.2, 0) is 11.0 Å². The molecule has 0 saturated heterocycles. The smallest absolute Gasteiger partial charge is 0.325 e. The Kier molecular flexibility index (Phi) is 3.24. The third-order valence-electron chi connectivity index (χ3n) is 1.61. The van der Waals surface area contributed by atoms with Gasteiger partial charge in [0.25, 0.3) is 0 Å². The number of hydrogen-bond acceptors (Lipinski definition) is 1. The van der Waals surface area contributed by atoms with Crippen molar-refractivity contribution in [1.29, 1.82) is 0 Å². The third kappa shape index (κ3) is 2.86. The number of anilines is 1. The average molecular weight is 238 g/mol. The quantitative estimate of drug-likeness (QED) is 0.798. The van der Waals surface area contributed by atoms with Gasteiger partial charge in [0.05, 0.1) is 16.3 Å². The van der Waals surface area contributed by atoms with Crippen molar-refractivity contribution in [1.82, 2.24) is 0 Å². The number of amides is 1. The summed E-state index contributed by atoms with van der Waals surface area (Å²) in [7, 11) is 0. The van der Waals surface area contributed by atoms with E-state index in [1.54, 1.807) is 0 Å². The second-order valence-corrected chi connectivity index (χ2v) is 3.22. The summed E-state index contributed by atoms with van der Waals surface area (Å²) in [6.07, 6.45) is -4.52. The predicted octanol–water partition coefficient (Wildman–Crippen LogP) is 3.32. The molecule has 1 aromatic carbocycles. The first kappa shape index (κ1) is 11.8. The van der Waals surface area contributed by atoms with Crippen LogP contribution in [0.4, 0.5) is 18.9 Å². The fourth-order valence-corrected chi connectivity index (χ4v) is 1.32. The first-order valence-corrected chi connectivity index (χ1v) is 4.33. The first-order valence-electron chi connectivity index (χ1n) is 3.95. The van der Waals surface area contributed by atoms with Gasteiger partial charge in [-0.05, 0) is 12.1 Å². The van der Waals surface area contributed by atoms with Gasteiger partial charge in [-0.25, -0.2) is 0 Å². The van der Waals surface area contributed by atoms with Crippen LogP contribution in [0.1, 0.15) is 12.5 Å². The fourth-order valence-electron chi connectivity index (χ4n) is 1.04. The molecule has 82 valence electrons. The van der Waals surface area contributed by atoms with Crippen LogP contribution in [-0.4, -0.2) is 5.91 Å². The molecule has 0 aliphatic rings. The molecule has 0 unspecified atom stereocenters. The van der Waals surface area contributed by atoms with Gasteiger partial charge in [-0.2, -0.15) is 13.2 Å². The lowest BCUT2D eigenvalue weighted by molar-refractivity contribution is -0.137. The van der Waals surface area contributed by atoms with Crippen molar-refractivity contribution in [2.75, 3.05) is 5.32 Å². The molecule has 0 aliphatic carbocycles.